The first-order valence-electron chi connectivity index (χ1n) is 4.41. The van der Waals surface area contributed by atoms with E-state index in [2.05, 4.69) is 5.32 Å². The molecule has 0 aliphatic heterocycles. The molecule has 0 fully saturated rings. The summed E-state index contributed by atoms with van der Waals surface area (Å²) >= 11 is 0. The van der Waals surface area contributed by atoms with Crippen molar-refractivity contribution in [2.75, 3.05) is 0 Å². The van der Waals surface area contributed by atoms with E-state index in [0.29, 0.717) is 0 Å². The van der Waals surface area contributed by atoms with Crippen molar-refractivity contribution in [2.24, 2.45) is 5.73 Å². The Kier molecular flexibility index (Phi) is 6.49. The van der Waals surface area contributed by atoms with Crippen molar-refractivity contribution in [3.63, 3.8) is 0 Å². The number of nitrogens with one attached hydrogen (secondary N) is 1. The van der Waals surface area contributed by atoms with Gasteiger partial charge in [-0.3, -0.25) is 0 Å². The minimum atomic E-state index is -0.496. The maximum absolute atomic E-state index is 11.0. The Hall–Kier alpha value is -1.26. The van der Waals surface area contributed by atoms with Gasteiger partial charge in [-0.2, -0.15) is 0 Å². The number of hydrogen-bond donors (Lipinski definition) is 2. The number of carbonyl (C=O) groups excluding carboxylic acids is 1. The lowest BCUT2D eigenvalue weighted by atomic mass is 10.2. The molecule has 3 N–H and O–H groups in total. The highest BCUT2D eigenvalue weighted by Gasteiger charge is 2.03. The number of ether oxygens (including phenoxy) is 1. The average molecular weight is 231 g/mol. The molecule has 1 atom stereocenters. The number of nitrogens with two attached hydrogens (primary N) is 1. The highest BCUT2D eigenvalue weighted by Crippen LogP contribution is 2.00. The van der Waals surface area contributed by atoms with Crippen molar-refractivity contribution in [1.29, 1.82) is 0 Å². The largest absolute Gasteiger partial charge is 0.445 e. The molecule has 4 nitrogen and oxygen atoms in total. The van der Waals surface area contributed by atoms with Gasteiger partial charge in [-0.25, -0.2) is 4.79 Å². The lowest BCUT2D eigenvalue weighted by Crippen LogP contribution is -2.39. The van der Waals surface area contributed by atoms with E-state index in [1.165, 1.54) is 0 Å². The molecule has 0 aliphatic rings. The van der Waals surface area contributed by atoms with E-state index < -0.39 is 12.3 Å². The number of rotatable bonds is 3. The molecular weight excluding hydrogens is 216 g/mol. The summed E-state index contributed by atoms with van der Waals surface area (Å²) in [6.07, 6.45) is -0.887. The van der Waals surface area contributed by atoms with Crippen LogP contribution in [0.2, 0.25) is 0 Å². The summed E-state index contributed by atoms with van der Waals surface area (Å²) in [5.41, 5.74) is 6.30. The van der Waals surface area contributed by atoms with Crippen LogP contribution >= 0.6 is 12.4 Å². The fourth-order valence-electron chi connectivity index (χ4n) is 0.951. The summed E-state index contributed by atoms with van der Waals surface area (Å²) in [6.45, 7) is 1.93. The Balaban J connectivity index is 0.00000196. The van der Waals surface area contributed by atoms with Crippen LogP contribution in [0.4, 0.5) is 4.79 Å². The minimum Gasteiger partial charge on any atom is -0.445 e. The molecule has 1 aromatic carbocycles. The van der Waals surface area contributed by atoms with E-state index in [1.807, 2.05) is 30.3 Å². The summed E-state index contributed by atoms with van der Waals surface area (Å²) in [5.74, 6) is 0. The van der Waals surface area contributed by atoms with Gasteiger partial charge in [0.25, 0.3) is 0 Å². The van der Waals surface area contributed by atoms with Gasteiger partial charge in [0.05, 0.1) is 6.17 Å². The van der Waals surface area contributed by atoms with Gasteiger partial charge in [0, 0.05) is 0 Å². The number of hydrogen-bond acceptors (Lipinski definition) is 3. The first kappa shape index (κ1) is 13.7. The van der Waals surface area contributed by atoms with E-state index >= 15 is 0 Å². The molecule has 5 heteroatoms. The standard InChI is InChI=1S/C10H14N2O2.ClH/c1-8(11)12-10(13)14-7-9-5-3-2-4-6-9;/h2-6,8H,7,11H2,1H3,(H,12,13);1H. The lowest BCUT2D eigenvalue weighted by molar-refractivity contribution is 0.136. The zero-order valence-electron chi connectivity index (χ0n) is 8.47. The predicted molar refractivity (Wildman–Crippen MR) is 60.7 cm³/mol. The van der Waals surface area contributed by atoms with Gasteiger partial charge < -0.3 is 15.8 Å². The quantitative estimate of drug-likeness (QED) is 0.776. The smallest absolute Gasteiger partial charge is 0.408 e. The highest BCUT2D eigenvalue weighted by molar-refractivity contribution is 5.85. The van der Waals surface area contributed by atoms with E-state index in [9.17, 15) is 4.79 Å². The summed E-state index contributed by atoms with van der Waals surface area (Å²) in [6, 6.07) is 9.47. The van der Waals surface area contributed by atoms with Gasteiger partial charge in [-0.05, 0) is 12.5 Å². The number of benzene rings is 1. The van der Waals surface area contributed by atoms with Crippen molar-refractivity contribution in [3.8, 4) is 0 Å². The molecule has 1 unspecified atom stereocenters. The van der Waals surface area contributed by atoms with Crippen LogP contribution < -0.4 is 11.1 Å². The van der Waals surface area contributed by atoms with Crippen molar-refractivity contribution in [2.45, 2.75) is 19.7 Å². The Morgan fingerprint density at radius 3 is 2.60 bits per heavy atom. The average Bonchev–Trinajstić information content (AvgIpc) is 2.15. The second kappa shape index (κ2) is 7.09. The van der Waals surface area contributed by atoms with Gasteiger partial charge in [-0.15, -0.1) is 12.4 Å². The fourth-order valence-corrected chi connectivity index (χ4v) is 0.951. The SMILES string of the molecule is CC(N)NC(=O)OCc1ccccc1.Cl. The van der Waals surface area contributed by atoms with Crippen LogP contribution in [0.1, 0.15) is 12.5 Å². The van der Waals surface area contributed by atoms with Crippen LogP contribution in [-0.4, -0.2) is 12.3 Å². The van der Waals surface area contributed by atoms with Crippen LogP contribution in [0, 0.1) is 0 Å². The molecule has 0 aromatic heterocycles. The summed E-state index contributed by atoms with van der Waals surface area (Å²) < 4.78 is 4.91. The Bertz CT molecular complexity index is 291. The van der Waals surface area contributed by atoms with E-state index in [4.69, 9.17) is 10.5 Å². The maximum atomic E-state index is 11.0. The Morgan fingerprint density at radius 1 is 1.47 bits per heavy atom. The lowest BCUT2D eigenvalue weighted by Gasteiger charge is -2.08. The molecule has 15 heavy (non-hydrogen) atoms. The molecule has 0 bridgehead atoms. The van der Waals surface area contributed by atoms with E-state index in [0.717, 1.165) is 5.56 Å². The number of halogens is 1. The fraction of sp³-hybridized carbons (Fsp3) is 0.300. The van der Waals surface area contributed by atoms with Crippen LogP contribution in [-0.2, 0) is 11.3 Å². The normalized spacial score (nSPS) is 11.1. The van der Waals surface area contributed by atoms with Gasteiger partial charge in [0.1, 0.15) is 6.61 Å². The van der Waals surface area contributed by atoms with Crippen molar-refractivity contribution in [1.82, 2.24) is 5.32 Å². The molecule has 0 saturated carbocycles. The second-order valence-electron chi connectivity index (χ2n) is 2.99. The summed E-state index contributed by atoms with van der Waals surface area (Å²) in [4.78, 5) is 11.0. The summed E-state index contributed by atoms with van der Waals surface area (Å²) in [5, 5.41) is 2.43. The Labute approximate surface area is 95.2 Å². The number of amides is 1. The van der Waals surface area contributed by atoms with Crippen LogP contribution in [0.15, 0.2) is 30.3 Å². The maximum Gasteiger partial charge on any atom is 0.408 e. The molecule has 0 spiro atoms. The molecule has 0 aliphatic carbocycles. The van der Waals surface area contributed by atoms with Gasteiger partial charge in [-0.1, -0.05) is 30.3 Å². The highest BCUT2D eigenvalue weighted by atomic mass is 35.5. The third kappa shape index (κ3) is 5.93. The minimum absolute atomic E-state index is 0. The van der Waals surface area contributed by atoms with Gasteiger partial charge in [0.2, 0.25) is 0 Å². The third-order valence-corrected chi connectivity index (χ3v) is 1.56. The summed E-state index contributed by atoms with van der Waals surface area (Å²) in [7, 11) is 0. The number of alkyl carbamates (subject to hydrolysis) is 1. The molecule has 1 amide bonds. The topological polar surface area (TPSA) is 64.3 Å². The first-order chi connectivity index (χ1) is 6.68. The van der Waals surface area contributed by atoms with Gasteiger partial charge >= 0.3 is 6.09 Å². The van der Waals surface area contributed by atoms with Crippen LogP contribution in [0.3, 0.4) is 0 Å². The van der Waals surface area contributed by atoms with E-state index in [1.54, 1.807) is 6.92 Å². The zero-order valence-corrected chi connectivity index (χ0v) is 9.29. The first-order valence-corrected chi connectivity index (χ1v) is 4.41. The van der Waals surface area contributed by atoms with Crippen molar-refractivity contribution in [3.05, 3.63) is 35.9 Å². The monoisotopic (exact) mass is 230 g/mol. The zero-order chi connectivity index (χ0) is 10.4. The third-order valence-electron chi connectivity index (χ3n) is 1.56. The molecule has 0 heterocycles. The van der Waals surface area contributed by atoms with Crippen LogP contribution in [0.25, 0.3) is 0 Å². The number of carbonyl (C=O) groups is 1. The Morgan fingerprint density at radius 2 is 2.07 bits per heavy atom. The van der Waals surface area contributed by atoms with Crippen LogP contribution in [0.5, 0.6) is 0 Å². The molecule has 1 aromatic rings. The molecular formula is C10H15ClN2O2. The molecule has 1 rings (SSSR count). The second-order valence-corrected chi connectivity index (χ2v) is 2.99. The van der Waals surface area contributed by atoms with E-state index in [-0.39, 0.29) is 19.0 Å². The predicted octanol–water partition coefficient (Wildman–Crippen LogP) is 1.64. The van der Waals surface area contributed by atoms with Gasteiger partial charge in [0.15, 0.2) is 0 Å². The van der Waals surface area contributed by atoms with Crippen molar-refractivity contribution >= 4 is 18.5 Å². The molecule has 0 saturated heterocycles. The molecule has 0 radical (unpaired) electrons. The van der Waals surface area contributed by atoms with Crippen molar-refractivity contribution < 1.29 is 9.53 Å². The molecule has 84 valence electrons.